The fourth-order valence-corrected chi connectivity index (χ4v) is 3.52. The highest BCUT2D eigenvalue weighted by Crippen LogP contribution is 1.97. The maximum absolute atomic E-state index is 9.82. The summed E-state index contributed by atoms with van der Waals surface area (Å²) in [4.78, 5) is 49.1. The average Bonchev–Trinajstić information content (AvgIpc) is 3.18. The van der Waals surface area contributed by atoms with E-state index in [1.165, 1.54) is 163 Å². The number of hydrogen-bond donors (Lipinski definition) is 0. The summed E-state index contributed by atoms with van der Waals surface area (Å²) in [7, 11) is 0. The normalized spacial score (nSPS) is 8.33. The molecule has 0 aliphatic carbocycles. The zero-order chi connectivity index (χ0) is 49.1. The van der Waals surface area contributed by atoms with Crippen molar-refractivity contribution in [3.05, 3.63) is 0 Å². The van der Waals surface area contributed by atoms with Gasteiger partial charge in [0, 0.05) is 34.6 Å². The molecule has 0 atom stereocenters. The van der Waals surface area contributed by atoms with Crippen molar-refractivity contribution in [2.24, 2.45) is 0 Å². The Labute approximate surface area is 376 Å². The molecule has 0 unspecified atom stereocenters. The minimum Gasteiger partial charge on any atom is -0.466 e. The molecule has 0 rings (SSSR count). The molecule has 0 bridgehead atoms. The maximum atomic E-state index is 9.82. The van der Waals surface area contributed by atoms with E-state index in [9.17, 15) is 24.0 Å². The number of ether oxygens (including phenoxy) is 5. The van der Waals surface area contributed by atoms with E-state index in [1.807, 2.05) is 0 Å². The molecule has 10 heteroatoms. The van der Waals surface area contributed by atoms with Crippen LogP contribution in [0.15, 0.2) is 0 Å². The van der Waals surface area contributed by atoms with Crippen molar-refractivity contribution < 1.29 is 47.7 Å². The Morgan fingerprint density at radius 2 is 0.300 bits per heavy atom. The van der Waals surface area contributed by atoms with Crippen LogP contribution in [0.25, 0.3) is 0 Å². The standard InChI is InChI=1S/5C6H14.5C4H8O2/c5*1-3-5-6-4-2;5*1-3-6-4(2)5/h5*3-6H2,1-2H3;5*3H2,1-2H3. The molecule has 0 amide bonds. The number of rotatable bonds is 20. The van der Waals surface area contributed by atoms with E-state index in [4.69, 9.17) is 0 Å². The third-order valence-corrected chi connectivity index (χ3v) is 6.52. The number of hydrogen-bond acceptors (Lipinski definition) is 10. The van der Waals surface area contributed by atoms with Gasteiger partial charge in [0.2, 0.25) is 0 Å². The SMILES string of the molecule is CCCCCC.CCCCCC.CCCCCC.CCCCCC.CCCCCC.CCOC(C)=O.CCOC(C)=O.CCOC(C)=O.CCOC(C)=O.CCOC(C)=O. The first-order chi connectivity index (χ1) is 28.4. The molecule has 0 radical (unpaired) electrons. The highest BCUT2D eigenvalue weighted by Gasteiger charge is 1.84. The average molecular weight is 871 g/mol. The zero-order valence-electron chi connectivity index (χ0n) is 44.3. The lowest BCUT2D eigenvalue weighted by Crippen LogP contribution is -1.95. The summed E-state index contributed by atoms with van der Waals surface area (Å²) < 4.78 is 22.0. The van der Waals surface area contributed by atoms with Gasteiger partial charge in [-0.05, 0) is 34.6 Å². The lowest BCUT2D eigenvalue weighted by atomic mass is 10.2. The minimum absolute atomic E-state index is 0.211. The molecule has 0 fully saturated rings. The Hall–Kier alpha value is -2.65. The summed E-state index contributed by atoms with van der Waals surface area (Å²) >= 11 is 0. The van der Waals surface area contributed by atoms with Crippen LogP contribution in [0.3, 0.4) is 0 Å². The highest BCUT2D eigenvalue weighted by atomic mass is 16.5. The van der Waals surface area contributed by atoms with Crippen molar-refractivity contribution in [2.45, 2.75) is 267 Å². The zero-order valence-corrected chi connectivity index (χ0v) is 44.3. The van der Waals surface area contributed by atoms with Crippen LogP contribution in [-0.4, -0.2) is 62.9 Å². The Kier molecular flexibility index (Phi) is 130. The van der Waals surface area contributed by atoms with E-state index in [0.29, 0.717) is 33.0 Å². The lowest BCUT2D eigenvalue weighted by Gasteiger charge is -1.89. The first-order valence-corrected chi connectivity index (χ1v) is 24.1. The molecule has 0 spiro atoms. The predicted molar refractivity (Wildman–Crippen MR) is 261 cm³/mol. The predicted octanol–water partition coefficient (Wildman–Crippen LogP) is 15.8. The molecule has 0 aliphatic rings. The summed E-state index contributed by atoms with van der Waals surface area (Å²) in [6.45, 7) is 40.6. The van der Waals surface area contributed by atoms with Crippen molar-refractivity contribution in [1.29, 1.82) is 0 Å². The summed E-state index contributed by atoms with van der Waals surface area (Å²) in [6.07, 6.45) is 27.7. The molecule has 0 aromatic carbocycles. The molecule has 0 aromatic rings. The van der Waals surface area contributed by atoms with Gasteiger partial charge in [-0.3, -0.25) is 24.0 Å². The van der Waals surface area contributed by atoms with Crippen LogP contribution in [0.2, 0.25) is 0 Å². The third-order valence-electron chi connectivity index (χ3n) is 6.52. The van der Waals surface area contributed by atoms with Gasteiger partial charge in [0.05, 0.1) is 33.0 Å². The van der Waals surface area contributed by atoms with Gasteiger partial charge >= 0.3 is 29.8 Å². The van der Waals surface area contributed by atoms with Crippen LogP contribution in [0, 0.1) is 0 Å². The molecular formula is C50H110O10. The number of carbonyl (C=O) groups is 5. The van der Waals surface area contributed by atoms with Crippen molar-refractivity contribution in [3.8, 4) is 0 Å². The van der Waals surface area contributed by atoms with E-state index in [1.54, 1.807) is 34.6 Å². The second-order valence-electron chi connectivity index (χ2n) is 13.2. The maximum Gasteiger partial charge on any atom is 0.302 e. The van der Waals surface area contributed by atoms with Crippen LogP contribution in [0.4, 0.5) is 0 Å². The van der Waals surface area contributed by atoms with E-state index in [2.05, 4.69) is 92.9 Å². The van der Waals surface area contributed by atoms with Crippen LogP contribution in [0.1, 0.15) is 267 Å². The summed E-state index contributed by atoms with van der Waals surface area (Å²) in [5.41, 5.74) is 0. The quantitative estimate of drug-likeness (QED) is 0.0661. The highest BCUT2D eigenvalue weighted by molar-refractivity contribution is 5.66. The molecule has 370 valence electrons. The Morgan fingerprint density at radius 3 is 0.317 bits per heavy atom. The van der Waals surface area contributed by atoms with E-state index in [-0.39, 0.29) is 29.8 Å². The summed E-state index contributed by atoms with van der Waals surface area (Å²) in [6, 6.07) is 0. The molecule has 0 saturated carbocycles. The Bertz CT molecular complexity index is 569. The smallest absolute Gasteiger partial charge is 0.302 e. The van der Waals surface area contributed by atoms with E-state index in [0.717, 1.165) is 0 Å². The first kappa shape index (κ1) is 81.2. The monoisotopic (exact) mass is 871 g/mol. The fraction of sp³-hybridized carbons (Fsp3) is 0.900. The first-order valence-electron chi connectivity index (χ1n) is 24.1. The summed E-state index contributed by atoms with van der Waals surface area (Å²) in [5.74, 6) is -1.05. The van der Waals surface area contributed by atoms with E-state index >= 15 is 0 Å². The molecule has 60 heavy (non-hydrogen) atoms. The van der Waals surface area contributed by atoms with Gasteiger partial charge in [-0.2, -0.15) is 0 Å². The molecular weight excluding hydrogens is 761 g/mol. The van der Waals surface area contributed by atoms with Gasteiger partial charge in [0.25, 0.3) is 0 Å². The largest absolute Gasteiger partial charge is 0.466 e. The molecule has 0 heterocycles. The second kappa shape index (κ2) is 96.3. The Morgan fingerprint density at radius 1 is 0.217 bits per heavy atom. The van der Waals surface area contributed by atoms with Gasteiger partial charge in [0.1, 0.15) is 0 Å². The molecule has 0 aromatic heterocycles. The van der Waals surface area contributed by atoms with Crippen molar-refractivity contribution in [2.75, 3.05) is 33.0 Å². The van der Waals surface area contributed by atoms with Crippen LogP contribution < -0.4 is 0 Å². The summed E-state index contributed by atoms with van der Waals surface area (Å²) in [5, 5.41) is 0. The van der Waals surface area contributed by atoms with Crippen LogP contribution in [-0.2, 0) is 47.7 Å². The topological polar surface area (TPSA) is 132 Å². The molecule has 10 nitrogen and oxygen atoms in total. The molecule has 0 saturated heterocycles. The second-order valence-corrected chi connectivity index (χ2v) is 13.2. The number of esters is 5. The van der Waals surface area contributed by atoms with Crippen molar-refractivity contribution in [3.63, 3.8) is 0 Å². The van der Waals surface area contributed by atoms with Crippen molar-refractivity contribution >= 4 is 29.8 Å². The van der Waals surface area contributed by atoms with Crippen molar-refractivity contribution in [1.82, 2.24) is 0 Å². The number of unbranched alkanes of at least 4 members (excludes halogenated alkanes) is 15. The van der Waals surface area contributed by atoms with E-state index < -0.39 is 0 Å². The minimum atomic E-state index is -0.211. The third kappa shape index (κ3) is 219. The Balaban J connectivity index is -0.0000000579. The van der Waals surface area contributed by atoms with Crippen LogP contribution >= 0.6 is 0 Å². The number of carbonyl (C=O) groups excluding carboxylic acids is 5. The van der Waals surface area contributed by atoms with Gasteiger partial charge in [0.15, 0.2) is 0 Å². The van der Waals surface area contributed by atoms with Gasteiger partial charge in [-0.15, -0.1) is 0 Å². The molecule has 0 N–H and O–H groups in total. The van der Waals surface area contributed by atoms with Gasteiger partial charge in [-0.1, -0.05) is 198 Å². The molecule has 0 aliphatic heterocycles. The van der Waals surface area contributed by atoms with Crippen LogP contribution in [0.5, 0.6) is 0 Å². The van der Waals surface area contributed by atoms with Gasteiger partial charge < -0.3 is 23.7 Å². The fourth-order valence-electron chi connectivity index (χ4n) is 3.52. The lowest BCUT2D eigenvalue weighted by molar-refractivity contribution is -0.141. The van der Waals surface area contributed by atoms with Gasteiger partial charge in [-0.25, -0.2) is 0 Å².